The number of para-hydroxylation sites is 1. The molecule has 0 fully saturated rings. The fraction of sp³-hybridized carbons (Fsp3) is 0.200. The van der Waals surface area contributed by atoms with E-state index >= 15 is 0 Å². The lowest BCUT2D eigenvalue weighted by Crippen LogP contribution is -2.36. The van der Waals surface area contributed by atoms with Gasteiger partial charge in [0.2, 0.25) is 0 Å². The summed E-state index contributed by atoms with van der Waals surface area (Å²) in [5, 5.41) is 6.18. The SMILES string of the molecule is COc1ccc(CCNC(=O)/C(=C/C2=Cc3ccccc3O[C@@H]2C)NC(=O)c2ccc(Cl)cc2)cc1OC. The number of amides is 2. The first-order chi connectivity index (χ1) is 18.4. The van der Waals surface area contributed by atoms with Crippen molar-refractivity contribution in [2.24, 2.45) is 0 Å². The Morgan fingerprint density at radius 3 is 2.47 bits per heavy atom. The number of fused-ring (bicyclic) bond motifs is 1. The molecule has 0 unspecified atom stereocenters. The predicted octanol–water partition coefficient (Wildman–Crippen LogP) is 5.19. The van der Waals surface area contributed by atoms with Gasteiger partial charge < -0.3 is 24.8 Å². The fourth-order valence-corrected chi connectivity index (χ4v) is 4.12. The van der Waals surface area contributed by atoms with Crippen LogP contribution in [0.2, 0.25) is 5.02 Å². The number of methoxy groups -OCH3 is 2. The quantitative estimate of drug-likeness (QED) is 0.370. The van der Waals surface area contributed by atoms with Crippen molar-refractivity contribution in [1.82, 2.24) is 10.6 Å². The minimum Gasteiger partial charge on any atom is -0.493 e. The molecule has 38 heavy (non-hydrogen) atoms. The summed E-state index contributed by atoms with van der Waals surface area (Å²) in [4.78, 5) is 26.2. The Bertz CT molecular complexity index is 1380. The Morgan fingerprint density at radius 2 is 1.74 bits per heavy atom. The molecule has 1 aliphatic heterocycles. The van der Waals surface area contributed by atoms with E-state index in [1.54, 1.807) is 44.6 Å². The normalized spacial score (nSPS) is 14.5. The van der Waals surface area contributed by atoms with Crippen molar-refractivity contribution in [2.45, 2.75) is 19.4 Å². The van der Waals surface area contributed by atoms with Gasteiger partial charge >= 0.3 is 0 Å². The Balaban J connectivity index is 1.54. The summed E-state index contributed by atoms with van der Waals surface area (Å²) in [6.45, 7) is 2.24. The highest BCUT2D eigenvalue weighted by molar-refractivity contribution is 6.30. The maximum Gasteiger partial charge on any atom is 0.267 e. The van der Waals surface area contributed by atoms with Crippen molar-refractivity contribution < 1.29 is 23.8 Å². The van der Waals surface area contributed by atoms with E-state index in [1.807, 2.05) is 55.5 Å². The van der Waals surface area contributed by atoms with Gasteiger partial charge in [0.15, 0.2) is 11.5 Å². The lowest BCUT2D eigenvalue weighted by atomic mass is 10.0. The van der Waals surface area contributed by atoms with Gasteiger partial charge in [-0.25, -0.2) is 0 Å². The molecule has 0 aromatic heterocycles. The molecule has 0 bridgehead atoms. The lowest BCUT2D eigenvalue weighted by Gasteiger charge is -2.23. The summed E-state index contributed by atoms with van der Waals surface area (Å²) in [5.41, 5.74) is 3.11. The van der Waals surface area contributed by atoms with Crippen molar-refractivity contribution in [2.75, 3.05) is 20.8 Å². The number of carbonyl (C=O) groups excluding carboxylic acids is 2. The first-order valence-corrected chi connectivity index (χ1v) is 12.5. The molecular weight excluding hydrogens is 504 g/mol. The van der Waals surface area contributed by atoms with Crippen LogP contribution in [0, 0.1) is 0 Å². The van der Waals surface area contributed by atoms with Crippen LogP contribution in [0.1, 0.15) is 28.4 Å². The molecule has 2 N–H and O–H groups in total. The molecule has 0 saturated heterocycles. The molecule has 7 nitrogen and oxygen atoms in total. The number of hydrogen-bond acceptors (Lipinski definition) is 5. The van der Waals surface area contributed by atoms with Gasteiger partial charge in [-0.15, -0.1) is 0 Å². The van der Waals surface area contributed by atoms with Crippen LogP contribution in [0.25, 0.3) is 6.08 Å². The van der Waals surface area contributed by atoms with Crippen LogP contribution >= 0.6 is 11.6 Å². The second-order valence-corrected chi connectivity index (χ2v) is 9.09. The molecule has 3 aromatic carbocycles. The zero-order valence-corrected chi connectivity index (χ0v) is 22.2. The average Bonchev–Trinajstić information content (AvgIpc) is 2.93. The van der Waals surface area contributed by atoms with E-state index in [1.165, 1.54) is 0 Å². The molecule has 196 valence electrons. The highest BCUT2D eigenvalue weighted by atomic mass is 35.5. The van der Waals surface area contributed by atoms with Crippen molar-refractivity contribution in [3.8, 4) is 17.2 Å². The van der Waals surface area contributed by atoms with Gasteiger partial charge in [-0.3, -0.25) is 9.59 Å². The number of benzene rings is 3. The second kappa shape index (κ2) is 12.3. The van der Waals surface area contributed by atoms with E-state index < -0.39 is 11.8 Å². The lowest BCUT2D eigenvalue weighted by molar-refractivity contribution is -0.117. The molecule has 0 saturated carbocycles. The van der Waals surface area contributed by atoms with Gasteiger partial charge in [-0.1, -0.05) is 35.9 Å². The Morgan fingerprint density at radius 1 is 1.00 bits per heavy atom. The number of nitrogens with one attached hydrogen (secondary N) is 2. The summed E-state index contributed by atoms with van der Waals surface area (Å²) in [5.74, 6) is 1.18. The van der Waals surface area contributed by atoms with E-state index in [9.17, 15) is 9.59 Å². The molecular formula is C30H29ClN2O5. The average molecular weight is 533 g/mol. The second-order valence-electron chi connectivity index (χ2n) is 8.66. The standard InChI is InChI=1S/C30H29ClN2O5/c1-19-23(17-22-6-4-5-7-26(22)38-19)18-25(33-29(34)21-9-11-24(31)12-10-21)30(35)32-15-14-20-8-13-27(36-2)28(16-20)37-3/h4-13,16-19H,14-15H2,1-3H3,(H,32,35)(H,33,34)/b25-18-/t19-/m1/s1. The highest BCUT2D eigenvalue weighted by Crippen LogP contribution is 2.30. The molecule has 2 amide bonds. The molecule has 1 heterocycles. The van der Waals surface area contributed by atoms with Gasteiger partial charge in [0, 0.05) is 22.7 Å². The monoisotopic (exact) mass is 532 g/mol. The Hall–Kier alpha value is -4.23. The van der Waals surface area contributed by atoms with Gasteiger partial charge in [0.25, 0.3) is 11.8 Å². The van der Waals surface area contributed by atoms with Crippen LogP contribution in [0.15, 0.2) is 84.1 Å². The van der Waals surface area contributed by atoms with Crippen LogP contribution in [0.5, 0.6) is 17.2 Å². The first kappa shape index (κ1) is 26.8. The van der Waals surface area contributed by atoms with Gasteiger partial charge in [0.1, 0.15) is 17.6 Å². The van der Waals surface area contributed by atoms with Crippen LogP contribution in [0.3, 0.4) is 0 Å². The minimum atomic E-state index is -0.423. The van der Waals surface area contributed by atoms with Gasteiger partial charge in [-0.2, -0.15) is 0 Å². The van der Waals surface area contributed by atoms with E-state index in [0.717, 1.165) is 22.4 Å². The molecule has 3 aromatic rings. The van der Waals surface area contributed by atoms with E-state index in [2.05, 4.69) is 10.6 Å². The Labute approximate surface area is 227 Å². The molecule has 1 atom stereocenters. The van der Waals surface area contributed by atoms with Crippen LogP contribution in [0.4, 0.5) is 0 Å². The van der Waals surface area contributed by atoms with E-state index in [0.29, 0.717) is 35.1 Å². The zero-order chi connectivity index (χ0) is 27.1. The maximum atomic E-state index is 13.3. The first-order valence-electron chi connectivity index (χ1n) is 12.1. The zero-order valence-electron chi connectivity index (χ0n) is 21.4. The summed E-state index contributed by atoms with van der Waals surface area (Å²) in [6, 6.07) is 19.7. The van der Waals surface area contributed by atoms with Crippen LogP contribution in [-0.4, -0.2) is 38.7 Å². The summed E-state index contributed by atoms with van der Waals surface area (Å²) in [7, 11) is 3.16. The topological polar surface area (TPSA) is 85.9 Å². The number of rotatable bonds is 9. The largest absolute Gasteiger partial charge is 0.493 e. The molecule has 8 heteroatoms. The van der Waals surface area contributed by atoms with Crippen molar-refractivity contribution in [3.05, 3.63) is 106 Å². The molecule has 0 radical (unpaired) electrons. The summed E-state index contributed by atoms with van der Waals surface area (Å²) < 4.78 is 16.7. The van der Waals surface area contributed by atoms with Crippen molar-refractivity contribution >= 4 is 29.5 Å². The number of carbonyl (C=O) groups is 2. The van der Waals surface area contributed by atoms with Gasteiger partial charge in [-0.05, 0) is 79.1 Å². The predicted molar refractivity (Wildman–Crippen MR) is 148 cm³/mol. The number of ether oxygens (including phenoxy) is 3. The highest BCUT2D eigenvalue weighted by Gasteiger charge is 2.21. The smallest absolute Gasteiger partial charge is 0.267 e. The third-order valence-electron chi connectivity index (χ3n) is 6.07. The number of halogens is 1. The van der Waals surface area contributed by atoms with Crippen LogP contribution in [-0.2, 0) is 11.2 Å². The maximum absolute atomic E-state index is 13.3. The Kier molecular flexibility index (Phi) is 8.71. The van der Waals surface area contributed by atoms with E-state index in [4.69, 9.17) is 25.8 Å². The third-order valence-corrected chi connectivity index (χ3v) is 6.32. The minimum absolute atomic E-state index is 0.110. The molecule has 4 rings (SSSR count). The van der Waals surface area contributed by atoms with Crippen molar-refractivity contribution in [3.63, 3.8) is 0 Å². The third kappa shape index (κ3) is 6.55. The molecule has 0 aliphatic carbocycles. The molecule has 1 aliphatic rings. The summed E-state index contributed by atoms with van der Waals surface area (Å²) in [6.07, 6.45) is 3.85. The summed E-state index contributed by atoms with van der Waals surface area (Å²) >= 11 is 5.96. The fourth-order valence-electron chi connectivity index (χ4n) is 3.99. The number of hydrogen-bond donors (Lipinski definition) is 2. The van der Waals surface area contributed by atoms with E-state index in [-0.39, 0.29) is 11.8 Å². The van der Waals surface area contributed by atoms with Gasteiger partial charge in [0.05, 0.1) is 14.2 Å². The van der Waals surface area contributed by atoms with Crippen molar-refractivity contribution in [1.29, 1.82) is 0 Å². The van der Waals surface area contributed by atoms with Crippen LogP contribution < -0.4 is 24.8 Å². The molecule has 0 spiro atoms.